The Balaban J connectivity index is 0. The molecule has 1 rings (SSSR count). The van der Waals surface area contributed by atoms with Crippen LogP contribution in [0.25, 0.3) is 0 Å². The highest BCUT2D eigenvalue weighted by Crippen LogP contribution is 2.05. The molecular weight excluding hydrogens is 260 g/mol. The Morgan fingerprint density at radius 1 is 0.850 bits per heavy atom. The van der Waals surface area contributed by atoms with E-state index in [-0.39, 0.29) is 13.2 Å². The predicted octanol–water partition coefficient (Wildman–Crippen LogP) is 1.73. The van der Waals surface area contributed by atoms with Crippen LogP contribution in [0.4, 0.5) is 0 Å². The lowest BCUT2D eigenvalue weighted by atomic mass is 10.3. The van der Waals surface area contributed by atoms with Crippen molar-refractivity contribution in [2.75, 3.05) is 46.8 Å². The number of rotatable bonds is 7. The lowest BCUT2D eigenvalue weighted by molar-refractivity contribution is 0.0650. The van der Waals surface area contributed by atoms with Crippen LogP contribution in [0, 0.1) is 0 Å². The van der Waals surface area contributed by atoms with Gasteiger partial charge < -0.3 is 24.4 Å². The minimum absolute atomic E-state index is 0.0278. The monoisotopic (exact) mass is 288 g/mol. The van der Waals surface area contributed by atoms with Crippen molar-refractivity contribution in [3.63, 3.8) is 0 Å². The summed E-state index contributed by atoms with van der Waals surface area (Å²) in [5.74, 6) is 0.910. The number of hydrogen-bond acceptors (Lipinski definition) is 5. The molecule has 0 spiro atoms. The summed E-state index contributed by atoms with van der Waals surface area (Å²) in [6.07, 6.45) is 0. The zero-order valence-electron chi connectivity index (χ0n) is 12.7. The van der Waals surface area contributed by atoms with Crippen LogP contribution < -0.4 is 4.74 Å². The van der Waals surface area contributed by atoms with Gasteiger partial charge in [-0.3, -0.25) is 0 Å². The molecule has 0 aromatic heterocycles. The summed E-state index contributed by atoms with van der Waals surface area (Å²) < 4.78 is 14.4. The molecule has 0 radical (unpaired) electrons. The van der Waals surface area contributed by atoms with Crippen molar-refractivity contribution >= 4 is 0 Å². The van der Waals surface area contributed by atoms with Crippen LogP contribution in [0.15, 0.2) is 30.3 Å². The van der Waals surface area contributed by atoms with Crippen molar-refractivity contribution in [2.45, 2.75) is 13.8 Å². The topological polar surface area (TPSA) is 68.2 Å². The Kier molecular flexibility index (Phi) is 21.4. The van der Waals surface area contributed by atoms with Crippen LogP contribution in [0.3, 0.4) is 0 Å². The van der Waals surface area contributed by atoms with Gasteiger partial charge in [-0.25, -0.2) is 0 Å². The highest BCUT2D eigenvalue weighted by Gasteiger charge is 1.80. The smallest absolute Gasteiger partial charge is 0.118 e. The normalized spacial score (nSPS) is 8.85. The van der Waals surface area contributed by atoms with E-state index in [4.69, 9.17) is 19.7 Å². The third-order valence-corrected chi connectivity index (χ3v) is 1.86. The summed E-state index contributed by atoms with van der Waals surface area (Å²) in [5, 5.41) is 16.2. The molecule has 0 unspecified atom stereocenters. The van der Waals surface area contributed by atoms with E-state index in [1.807, 2.05) is 44.2 Å². The second-order valence-electron chi connectivity index (χ2n) is 3.36. The van der Waals surface area contributed by atoms with Gasteiger partial charge in [0.05, 0.1) is 33.5 Å². The van der Waals surface area contributed by atoms with E-state index in [0.717, 1.165) is 19.0 Å². The number of para-hydroxylation sites is 1. The van der Waals surface area contributed by atoms with Crippen molar-refractivity contribution in [3.05, 3.63) is 30.3 Å². The molecule has 0 aliphatic heterocycles. The second kappa shape index (κ2) is 20.2. The van der Waals surface area contributed by atoms with Gasteiger partial charge >= 0.3 is 0 Å². The van der Waals surface area contributed by atoms with E-state index in [9.17, 15) is 0 Å². The van der Waals surface area contributed by atoms with Gasteiger partial charge in [0.25, 0.3) is 0 Å². The molecule has 0 amide bonds. The van der Waals surface area contributed by atoms with Gasteiger partial charge in [0.2, 0.25) is 0 Å². The van der Waals surface area contributed by atoms with Gasteiger partial charge in [-0.05, 0) is 26.0 Å². The maximum Gasteiger partial charge on any atom is 0.118 e. The summed E-state index contributed by atoms with van der Waals surface area (Å²) in [6.45, 7) is 6.36. The summed E-state index contributed by atoms with van der Waals surface area (Å²) in [6, 6.07) is 9.68. The fourth-order valence-corrected chi connectivity index (χ4v) is 0.992. The van der Waals surface area contributed by atoms with Crippen LogP contribution in [0.2, 0.25) is 0 Å². The number of aliphatic hydroxyl groups is 2. The summed E-state index contributed by atoms with van der Waals surface area (Å²) in [5.41, 5.74) is 0. The molecule has 1 aromatic rings. The number of methoxy groups -OCH3 is 1. The molecule has 0 fully saturated rings. The van der Waals surface area contributed by atoms with Crippen molar-refractivity contribution in [1.29, 1.82) is 0 Å². The maximum absolute atomic E-state index is 8.09. The molecule has 118 valence electrons. The SMILES string of the molecule is CCOCC.COc1ccccc1.OCCOCCO. The lowest BCUT2D eigenvalue weighted by Crippen LogP contribution is -2.03. The van der Waals surface area contributed by atoms with Crippen molar-refractivity contribution < 1.29 is 24.4 Å². The molecule has 5 nitrogen and oxygen atoms in total. The molecule has 0 aliphatic carbocycles. The number of ether oxygens (including phenoxy) is 3. The maximum atomic E-state index is 8.09. The summed E-state index contributed by atoms with van der Waals surface area (Å²) >= 11 is 0. The first-order chi connectivity index (χ1) is 9.76. The largest absolute Gasteiger partial charge is 0.497 e. The van der Waals surface area contributed by atoms with Crippen LogP contribution in [0.1, 0.15) is 13.8 Å². The Morgan fingerprint density at radius 3 is 1.60 bits per heavy atom. The van der Waals surface area contributed by atoms with E-state index >= 15 is 0 Å². The van der Waals surface area contributed by atoms with E-state index in [1.165, 1.54) is 0 Å². The molecule has 5 heteroatoms. The van der Waals surface area contributed by atoms with Crippen molar-refractivity contribution in [3.8, 4) is 5.75 Å². The molecule has 0 saturated carbocycles. The summed E-state index contributed by atoms with van der Waals surface area (Å²) in [4.78, 5) is 0. The molecular formula is C15H28O5. The van der Waals surface area contributed by atoms with E-state index in [1.54, 1.807) is 7.11 Å². The molecule has 0 aliphatic rings. The molecule has 0 atom stereocenters. The van der Waals surface area contributed by atoms with E-state index in [2.05, 4.69) is 4.74 Å². The van der Waals surface area contributed by atoms with E-state index in [0.29, 0.717) is 13.2 Å². The first-order valence-electron chi connectivity index (χ1n) is 6.72. The Bertz CT molecular complexity index is 248. The predicted molar refractivity (Wildman–Crippen MR) is 80.2 cm³/mol. The zero-order chi connectivity index (χ0) is 15.5. The molecule has 0 saturated heterocycles. The van der Waals surface area contributed by atoms with Gasteiger partial charge in [-0.15, -0.1) is 0 Å². The summed E-state index contributed by atoms with van der Waals surface area (Å²) in [7, 11) is 1.66. The van der Waals surface area contributed by atoms with Gasteiger partial charge in [0, 0.05) is 13.2 Å². The lowest BCUT2D eigenvalue weighted by Gasteiger charge is -1.94. The third kappa shape index (κ3) is 19.2. The zero-order valence-corrected chi connectivity index (χ0v) is 12.7. The van der Waals surface area contributed by atoms with Crippen LogP contribution >= 0.6 is 0 Å². The number of aliphatic hydroxyl groups excluding tert-OH is 2. The van der Waals surface area contributed by atoms with Crippen LogP contribution in [-0.2, 0) is 9.47 Å². The van der Waals surface area contributed by atoms with E-state index < -0.39 is 0 Å². The van der Waals surface area contributed by atoms with Crippen molar-refractivity contribution in [1.82, 2.24) is 0 Å². The minimum Gasteiger partial charge on any atom is -0.497 e. The molecule has 0 heterocycles. The second-order valence-corrected chi connectivity index (χ2v) is 3.36. The van der Waals surface area contributed by atoms with Crippen LogP contribution in [0.5, 0.6) is 5.75 Å². The van der Waals surface area contributed by atoms with Crippen molar-refractivity contribution in [2.24, 2.45) is 0 Å². The average molecular weight is 288 g/mol. The fraction of sp³-hybridized carbons (Fsp3) is 0.600. The molecule has 20 heavy (non-hydrogen) atoms. The highest BCUT2D eigenvalue weighted by molar-refractivity contribution is 5.20. The van der Waals surface area contributed by atoms with Gasteiger partial charge in [0.15, 0.2) is 0 Å². The Hall–Kier alpha value is -1.14. The number of benzene rings is 1. The fourth-order valence-electron chi connectivity index (χ4n) is 0.992. The molecule has 0 bridgehead atoms. The molecule has 1 aromatic carbocycles. The van der Waals surface area contributed by atoms with Gasteiger partial charge in [-0.2, -0.15) is 0 Å². The highest BCUT2D eigenvalue weighted by atomic mass is 16.5. The quantitative estimate of drug-likeness (QED) is 0.748. The third-order valence-electron chi connectivity index (χ3n) is 1.86. The minimum atomic E-state index is 0.0278. The van der Waals surface area contributed by atoms with Crippen LogP contribution in [-0.4, -0.2) is 57.0 Å². The first kappa shape index (κ1) is 21.2. The average Bonchev–Trinajstić information content (AvgIpc) is 2.51. The standard InChI is InChI=1S/C7H8O.C4H10O3.C4H10O/c1-8-7-5-3-2-4-6-7;5-1-3-7-4-2-6;1-3-5-4-2/h2-6H,1H3;5-6H,1-4H2;3-4H2,1-2H3. The van der Waals surface area contributed by atoms with Gasteiger partial charge in [0.1, 0.15) is 5.75 Å². The molecule has 2 N–H and O–H groups in total. The number of hydrogen-bond donors (Lipinski definition) is 2. The first-order valence-corrected chi connectivity index (χ1v) is 6.72. The van der Waals surface area contributed by atoms with Gasteiger partial charge in [-0.1, -0.05) is 18.2 Å². The Morgan fingerprint density at radius 2 is 1.35 bits per heavy atom. The Labute approximate surface area is 122 Å².